The number of nitrogens with two attached hydrogens (primary N) is 1. The van der Waals surface area contributed by atoms with Crippen LogP contribution in [0.5, 0.6) is 0 Å². The first-order chi connectivity index (χ1) is 9.65. The second kappa shape index (κ2) is 5.58. The first kappa shape index (κ1) is 13.7. The van der Waals surface area contributed by atoms with Gasteiger partial charge in [0.15, 0.2) is 0 Å². The minimum atomic E-state index is -0.0506. The molecule has 0 aliphatic carbocycles. The zero-order chi connectivity index (χ0) is 14.1. The lowest BCUT2D eigenvalue weighted by Crippen LogP contribution is -2.46. The lowest BCUT2D eigenvalue weighted by atomic mass is 9.96. The predicted molar refractivity (Wildman–Crippen MR) is 82.6 cm³/mol. The highest BCUT2D eigenvalue weighted by Crippen LogP contribution is 2.27. The maximum atomic E-state index is 6.38. The Hall–Kier alpha value is -1.32. The van der Waals surface area contributed by atoms with Crippen LogP contribution in [-0.2, 0) is 0 Å². The summed E-state index contributed by atoms with van der Waals surface area (Å²) in [4.78, 5) is 2.53. The number of rotatable bonds is 3. The minimum absolute atomic E-state index is 0.0506. The highest BCUT2D eigenvalue weighted by atomic mass is 16.3. The average Bonchev–Trinajstić information content (AvgIpc) is 2.87. The van der Waals surface area contributed by atoms with E-state index in [1.807, 2.05) is 18.2 Å². The Morgan fingerprint density at radius 2 is 1.95 bits per heavy atom. The maximum absolute atomic E-state index is 6.38. The first-order valence-electron chi connectivity index (χ1n) is 7.65. The van der Waals surface area contributed by atoms with Gasteiger partial charge in [0.25, 0.3) is 0 Å². The van der Waals surface area contributed by atoms with E-state index in [9.17, 15) is 0 Å². The summed E-state index contributed by atoms with van der Waals surface area (Å²) in [6.07, 6.45) is 3.88. The first-order valence-corrected chi connectivity index (χ1v) is 7.65. The van der Waals surface area contributed by atoms with E-state index in [0.717, 1.165) is 23.3 Å². The van der Waals surface area contributed by atoms with Gasteiger partial charge in [0.2, 0.25) is 0 Å². The van der Waals surface area contributed by atoms with Crippen LogP contribution in [0, 0.1) is 0 Å². The summed E-state index contributed by atoms with van der Waals surface area (Å²) in [5, 5.41) is 1.14. The monoisotopic (exact) mass is 272 g/mol. The molecule has 1 saturated heterocycles. The van der Waals surface area contributed by atoms with E-state index in [1.54, 1.807) is 0 Å². The average molecular weight is 272 g/mol. The van der Waals surface area contributed by atoms with Crippen LogP contribution < -0.4 is 5.73 Å². The van der Waals surface area contributed by atoms with Crippen LogP contribution >= 0.6 is 0 Å². The van der Waals surface area contributed by atoms with Gasteiger partial charge in [-0.1, -0.05) is 24.6 Å². The van der Waals surface area contributed by atoms with Gasteiger partial charge in [0, 0.05) is 24.0 Å². The highest BCUT2D eigenvalue weighted by Gasteiger charge is 2.27. The SMILES string of the molecule is C[C@@H]1CCC[C@H](C)N1CC(N)c1cc2ccccc2o1. The molecule has 1 aromatic heterocycles. The number of hydrogen-bond acceptors (Lipinski definition) is 3. The van der Waals surface area contributed by atoms with E-state index in [-0.39, 0.29) is 6.04 Å². The van der Waals surface area contributed by atoms with Crippen LogP contribution in [0.15, 0.2) is 34.7 Å². The summed E-state index contributed by atoms with van der Waals surface area (Å²) in [6, 6.07) is 11.4. The van der Waals surface area contributed by atoms with Gasteiger partial charge in [-0.15, -0.1) is 0 Å². The molecule has 3 nitrogen and oxygen atoms in total. The zero-order valence-corrected chi connectivity index (χ0v) is 12.4. The second-order valence-corrected chi connectivity index (χ2v) is 6.12. The van der Waals surface area contributed by atoms with Gasteiger partial charge < -0.3 is 10.2 Å². The molecule has 1 aliphatic rings. The van der Waals surface area contributed by atoms with Crippen molar-refractivity contribution in [2.24, 2.45) is 5.73 Å². The van der Waals surface area contributed by atoms with Crippen molar-refractivity contribution in [1.82, 2.24) is 4.90 Å². The molecule has 20 heavy (non-hydrogen) atoms. The molecular weight excluding hydrogens is 248 g/mol. The quantitative estimate of drug-likeness (QED) is 0.926. The van der Waals surface area contributed by atoms with Crippen LogP contribution in [0.2, 0.25) is 0 Å². The summed E-state index contributed by atoms with van der Waals surface area (Å²) < 4.78 is 5.89. The number of nitrogens with zero attached hydrogens (tertiary/aromatic N) is 1. The van der Waals surface area contributed by atoms with Crippen LogP contribution in [-0.4, -0.2) is 23.5 Å². The number of furan rings is 1. The molecule has 2 N–H and O–H groups in total. The van der Waals surface area contributed by atoms with Crippen molar-refractivity contribution in [1.29, 1.82) is 0 Å². The van der Waals surface area contributed by atoms with E-state index in [0.29, 0.717) is 12.1 Å². The molecule has 3 atom stereocenters. The molecule has 3 heteroatoms. The van der Waals surface area contributed by atoms with Gasteiger partial charge in [0.1, 0.15) is 11.3 Å². The number of piperidine rings is 1. The van der Waals surface area contributed by atoms with Crippen molar-refractivity contribution in [3.05, 3.63) is 36.1 Å². The number of fused-ring (bicyclic) bond motifs is 1. The van der Waals surface area contributed by atoms with Crippen LogP contribution in [0.4, 0.5) is 0 Å². The number of likely N-dealkylation sites (tertiary alicyclic amines) is 1. The van der Waals surface area contributed by atoms with Gasteiger partial charge in [-0.3, -0.25) is 4.90 Å². The fourth-order valence-corrected chi connectivity index (χ4v) is 3.34. The Kier molecular flexibility index (Phi) is 3.81. The summed E-state index contributed by atoms with van der Waals surface area (Å²) in [7, 11) is 0. The van der Waals surface area contributed by atoms with Crippen molar-refractivity contribution in [2.45, 2.75) is 51.2 Å². The molecule has 108 valence electrons. The topological polar surface area (TPSA) is 42.4 Å². The molecule has 1 unspecified atom stereocenters. The molecule has 0 radical (unpaired) electrons. The van der Waals surface area contributed by atoms with E-state index < -0.39 is 0 Å². The molecule has 0 bridgehead atoms. The van der Waals surface area contributed by atoms with Crippen molar-refractivity contribution in [3.8, 4) is 0 Å². The lowest BCUT2D eigenvalue weighted by Gasteiger charge is -2.40. The fourth-order valence-electron chi connectivity index (χ4n) is 3.34. The van der Waals surface area contributed by atoms with Gasteiger partial charge in [0.05, 0.1) is 6.04 Å². The van der Waals surface area contributed by atoms with Gasteiger partial charge in [-0.05, 0) is 38.8 Å². The third-order valence-electron chi connectivity index (χ3n) is 4.59. The zero-order valence-electron chi connectivity index (χ0n) is 12.4. The summed E-state index contributed by atoms with van der Waals surface area (Å²) in [5.41, 5.74) is 7.31. The van der Waals surface area contributed by atoms with Gasteiger partial charge in [-0.25, -0.2) is 0 Å². The molecule has 1 aromatic carbocycles. The number of hydrogen-bond donors (Lipinski definition) is 1. The summed E-state index contributed by atoms with van der Waals surface area (Å²) in [5.74, 6) is 0.899. The fraction of sp³-hybridized carbons (Fsp3) is 0.529. The smallest absolute Gasteiger partial charge is 0.134 e. The third-order valence-corrected chi connectivity index (χ3v) is 4.59. The van der Waals surface area contributed by atoms with Crippen molar-refractivity contribution in [2.75, 3.05) is 6.54 Å². The maximum Gasteiger partial charge on any atom is 0.134 e. The molecule has 1 fully saturated rings. The highest BCUT2D eigenvalue weighted by molar-refractivity contribution is 5.77. The van der Waals surface area contributed by atoms with Crippen molar-refractivity contribution >= 4 is 11.0 Å². The minimum Gasteiger partial charge on any atom is -0.459 e. The Morgan fingerprint density at radius 3 is 2.65 bits per heavy atom. The molecular formula is C17H24N2O. The largest absolute Gasteiger partial charge is 0.459 e. The van der Waals surface area contributed by atoms with Crippen LogP contribution in [0.3, 0.4) is 0 Å². The van der Waals surface area contributed by atoms with Crippen LogP contribution in [0.25, 0.3) is 11.0 Å². The van der Waals surface area contributed by atoms with Gasteiger partial charge in [-0.2, -0.15) is 0 Å². The summed E-state index contributed by atoms with van der Waals surface area (Å²) >= 11 is 0. The van der Waals surface area contributed by atoms with Gasteiger partial charge >= 0.3 is 0 Å². The van der Waals surface area contributed by atoms with E-state index in [1.165, 1.54) is 19.3 Å². The molecule has 1 aliphatic heterocycles. The Balaban J connectivity index is 1.76. The van der Waals surface area contributed by atoms with Crippen molar-refractivity contribution < 1.29 is 4.42 Å². The normalized spacial score (nSPS) is 25.9. The molecule has 2 aromatic rings. The molecule has 3 rings (SSSR count). The van der Waals surface area contributed by atoms with E-state index in [4.69, 9.17) is 10.2 Å². The predicted octanol–water partition coefficient (Wildman–Crippen LogP) is 3.70. The molecule has 0 saturated carbocycles. The van der Waals surface area contributed by atoms with E-state index >= 15 is 0 Å². The Morgan fingerprint density at radius 1 is 1.25 bits per heavy atom. The van der Waals surface area contributed by atoms with Crippen molar-refractivity contribution in [3.63, 3.8) is 0 Å². The lowest BCUT2D eigenvalue weighted by molar-refractivity contribution is 0.0936. The second-order valence-electron chi connectivity index (χ2n) is 6.12. The number of para-hydroxylation sites is 1. The number of benzene rings is 1. The molecule has 2 heterocycles. The Bertz CT molecular complexity index is 534. The Labute approximate surface area is 120 Å². The van der Waals surface area contributed by atoms with E-state index in [2.05, 4.69) is 30.9 Å². The summed E-state index contributed by atoms with van der Waals surface area (Å²) in [6.45, 7) is 5.49. The molecule has 0 spiro atoms. The molecule has 0 amide bonds. The van der Waals surface area contributed by atoms with Crippen LogP contribution in [0.1, 0.15) is 44.9 Å². The third kappa shape index (κ3) is 2.60. The standard InChI is InChI=1S/C17H24N2O/c1-12-6-5-7-13(2)19(12)11-15(18)17-10-14-8-3-4-9-16(14)20-17/h3-4,8-10,12-13,15H,5-7,11,18H2,1-2H3/t12-,13+,15?.